The standard InChI is InChI=1S/C10H14Cl2N2O/c1-4-15-5-7-13-9(11)8(6(2)3)10(12)14-7/h6H,4-5H2,1-3H3. The minimum Gasteiger partial charge on any atom is -0.374 e. The number of aromatic nitrogens is 2. The van der Waals surface area contributed by atoms with Crippen LogP contribution in [-0.2, 0) is 11.3 Å². The van der Waals surface area contributed by atoms with Gasteiger partial charge in [0, 0.05) is 12.2 Å². The molecule has 0 spiro atoms. The number of hydrogen-bond donors (Lipinski definition) is 0. The number of halogens is 2. The molecule has 0 radical (unpaired) electrons. The van der Waals surface area contributed by atoms with Gasteiger partial charge in [0.25, 0.3) is 0 Å². The summed E-state index contributed by atoms with van der Waals surface area (Å²) in [4.78, 5) is 8.28. The van der Waals surface area contributed by atoms with E-state index in [1.165, 1.54) is 0 Å². The van der Waals surface area contributed by atoms with Crippen LogP contribution in [0.3, 0.4) is 0 Å². The van der Waals surface area contributed by atoms with E-state index in [0.29, 0.717) is 29.3 Å². The maximum Gasteiger partial charge on any atom is 0.157 e. The van der Waals surface area contributed by atoms with Gasteiger partial charge in [-0.1, -0.05) is 37.0 Å². The third-order valence-electron chi connectivity index (χ3n) is 1.91. The first kappa shape index (κ1) is 12.7. The highest BCUT2D eigenvalue weighted by molar-refractivity contribution is 6.34. The van der Waals surface area contributed by atoms with E-state index in [2.05, 4.69) is 9.97 Å². The van der Waals surface area contributed by atoms with Crippen molar-refractivity contribution in [2.45, 2.75) is 33.3 Å². The number of hydrogen-bond acceptors (Lipinski definition) is 3. The summed E-state index contributed by atoms with van der Waals surface area (Å²) in [6, 6.07) is 0. The van der Waals surface area contributed by atoms with Crippen molar-refractivity contribution in [3.05, 3.63) is 21.7 Å². The Balaban J connectivity index is 2.97. The first-order valence-corrected chi connectivity index (χ1v) is 5.61. The average Bonchev–Trinajstić information content (AvgIpc) is 2.12. The Morgan fingerprint density at radius 2 is 1.73 bits per heavy atom. The number of rotatable bonds is 4. The lowest BCUT2D eigenvalue weighted by Crippen LogP contribution is -2.04. The number of ether oxygens (including phenoxy) is 1. The van der Waals surface area contributed by atoms with Crippen LogP contribution < -0.4 is 0 Å². The lowest BCUT2D eigenvalue weighted by atomic mass is 10.1. The molecule has 0 amide bonds. The van der Waals surface area contributed by atoms with E-state index in [1.807, 2.05) is 20.8 Å². The van der Waals surface area contributed by atoms with Crippen molar-refractivity contribution in [3.8, 4) is 0 Å². The van der Waals surface area contributed by atoms with Crippen LogP contribution in [0, 0.1) is 0 Å². The first-order chi connectivity index (χ1) is 7.06. The van der Waals surface area contributed by atoms with Crippen molar-refractivity contribution in [1.82, 2.24) is 9.97 Å². The van der Waals surface area contributed by atoms with Crippen LogP contribution in [0.2, 0.25) is 10.3 Å². The van der Waals surface area contributed by atoms with Crippen LogP contribution in [0.5, 0.6) is 0 Å². The summed E-state index contributed by atoms with van der Waals surface area (Å²) in [5, 5.41) is 0.833. The zero-order valence-corrected chi connectivity index (χ0v) is 10.6. The third kappa shape index (κ3) is 3.30. The Bertz CT molecular complexity index is 319. The average molecular weight is 249 g/mol. The van der Waals surface area contributed by atoms with Gasteiger partial charge in [-0.2, -0.15) is 0 Å². The fourth-order valence-electron chi connectivity index (χ4n) is 1.19. The molecule has 1 heterocycles. The van der Waals surface area contributed by atoms with Crippen LogP contribution in [-0.4, -0.2) is 16.6 Å². The molecule has 0 bridgehead atoms. The molecule has 0 atom stereocenters. The summed E-state index contributed by atoms with van der Waals surface area (Å²) in [6.07, 6.45) is 0. The fourth-order valence-corrected chi connectivity index (χ4v) is 2.05. The van der Waals surface area contributed by atoms with Crippen LogP contribution in [0.25, 0.3) is 0 Å². The summed E-state index contributed by atoms with van der Waals surface area (Å²) in [5.41, 5.74) is 0.790. The fraction of sp³-hybridized carbons (Fsp3) is 0.600. The highest BCUT2D eigenvalue weighted by Crippen LogP contribution is 2.28. The summed E-state index contributed by atoms with van der Waals surface area (Å²) in [7, 11) is 0. The second-order valence-electron chi connectivity index (χ2n) is 3.43. The number of nitrogens with zero attached hydrogens (tertiary/aromatic N) is 2. The molecular weight excluding hydrogens is 235 g/mol. The van der Waals surface area contributed by atoms with E-state index < -0.39 is 0 Å². The van der Waals surface area contributed by atoms with Gasteiger partial charge >= 0.3 is 0 Å². The topological polar surface area (TPSA) is 35.0 Å². The molecule has 0 aliphatic heterocycles. The molecule has 15 heavy (non-hydrogen) atoms. The van der Waals surface area contributed by atoms with E-state index >= 15 is 0 Å². The Morgan fingerprint density at radius 3 is 2.13 bits per heavy atom. The molecule has 0 aliphatic carbocycles. The van der Waals surface area contributed by atoms with Crippen molar-refractivity contribution in [1.29, 1.82) is 0 Å². The minimum absolute atomic E-state index is 0.214. The van der Waals surface area contributed by atoms with E-state index in [1.54, 1.807) is 0 Å². The third-order valence-corrected chi connectivity index (χ3v) is 2.49. The Labute approximate surface area is 99.8 Å². The quantitative estimate of drug-likeness (QED) is 0.766. The predicted molar refractivity (Wildman–Crippen MR) is 61.5 cm³/mol. The molecule has 0 saturated carbocycles. The molecule has 0 unspecified atom stereocenters. The van der Waals surface area contributed by atoms with Gasteiger partial charge < -0.3 is 4.74 Å². The molecule has 0 aromatic carbocycles. The molecule has 1 rings (SSSR count). The van der Waals surface area contributed by atoms with Gasteiger partial charge in [-0.3, -0.25) is 0 Å². The van der Waals surface area contributed by atoms with Gasteiger partial charge in [0.05, 0.1) is 0 Å². The van der Waals surface area contributed by atoms with Gasteiger partial charge in [0.15, 0.2) is 5.82 Å². The molecule has 5 heteroatoms. The van der Waals surface area contributed by atoms with Crippen molar-refractivity contribution >= 4 is 23.2 Å². The zero-order chi connectivity index (χ0) is 11.4. The minimum atomic E-state index is 0.214. The molecule has 0 saturated heterocycles. The van der Waals surface area contributed by atoms with Gasteiger partial charge in [0.1, 0.15) is 16.9 Å². The molecule has 0 N–H and O–H groups in total. The summed E-state index contributed by atoms with van der Waals surface area (Å²) >= 11 is 12.0. The predicted octanol–water partition coefficient (Wildman–Crippen LogP) is 3.44. The highest BCUT2D eigenvalue weighted by atomic mass is 35.5. The second kappa shape index (κ2) is 5.64. The van der Waals surface area contributed by atoms with Crippen molar-refractivity contribution < 1.29 is 4.74 Å². The zero-order valence-electron chi connectivity index (χ0n) is 9.05. The smallest absolute Gasteiger partial charge is 0.157 e. The normalized spacial score (nSPS) is 11.1. The van der Waals surface area contributed by atoms with Gasteiger partial charge in [-0.05, 0) is 12.8 Å². The van der Waals surface area contributed by atoms with Gasteiger partial charge in [-0.15, -0.1) is 0 Å². The maximum atomic E-state index is 6.02. The molecule has 84 valence electrons. The SMILES string of the molecule is CCOCc1nc(Cl)c(C(C)C)c(Cl)n1. The van der Waals surface area contributed by atoms with Gasteiger partial charge in [0.2, 0.25) is 0 Å². The Morgan fingerprint density at radius 1 is 1.20 bits per heavy atom. The highest BCUT2D eigenvalue weighted by Gasteiger charge is 2.14. The Kier molecular flexibility index (Phi) is 4.77. The molecule has 1 aromatic heterocycles. The first-order valence-electron chi connectivity index (χ1n) is 4.85. The molecule has 0 aliphatic rings. The second-order valence-corrected chi connectivity index (χ2v) is 4.14. The summed E-state index contributed by atoms with van der Waals surface area (Å²) < 4.78 is 5.19. The van der Waals surface area contributed by atoms with Crippen LogP contribution in [0.15, 0.2) is 0 Å². The van der Waals surface area contributed by atoms with Crippen molar-refractivity contribution in [2.24, 2.45) is 0 Å². The van der Waals surface area contributed by atoms with Crippen LogP contribution in [0.1, 0.15) is 38.1 Å². The monoisotopic (exact) mass is 248 g/mol. The largest absolute Gasteiger partial charge is 0.374 e. The Hall–Kier alpha value is -0.380. The van der Waals surface area contributed by atoms with E-state index in [9.17, 15) is 0 Å². The van der Waals surface area contributed by atoms with E-state index in [4.69, 9.17) is 27.9 Å². The summed E-state index contributed by atoms with van der Waals surface area (Å²) in [5.74, 6) is 0.738. The molecule has 0 fully saturated rings. The van der Waals surface area contributed by atoms with E-state index in [0.717, 1.165) is 5.56 Å². The lowest BCUT2D eigenvalue weighted by molar-refractivity contribution is 0.128. The van der Waals surface area contributed by atoms with Crippen LogP contribution >= 0.6 is 23.2 Å². The van der Waals surface area contributed by atoms with Crippen molar-refractivity contribution in [2.75, 3.05) is 6.61 Å². The summed E-state index contributed by atoms with van der Waals surface area (Å²) in [6.45, 7) is 6.86. The van der Waals surface area contributed by atoms with Gasteiger partial charge in [-0.25, -0.2) is 9.97 Å². The molecule has 1 aromatic rings. The van der Waals surface area contributed by atoms with E-state index in [-0.39, 0.29) is 5.92 Å². The molecule has 3 nitrogen and oxygen atoms in total. The van der Waals surface area contributed by atoms with Crippen molar-refractivity contribution in [3.63, 3.8) is 0 Å². The van der Waals surface area contributed by atoms with Crippen LogP contribution in [0.4, 0.5) is 0 Å². The maximum absolute atomic E-state index is 6.02. The lowest BCUT2D eigenvalue weighted by Gasteiger charge is -2.10. The molecular formula is C10H14Cl2N2O.